The zero-order valence-corrected chi connectivity index (χ0v) is 10.8. The van der Waals surface area contributed by atoms with Crippen LogP contribution in [0, 0.1) is 6.92 Å². The predicted molar refractivity (Wildman–Crippen MR) is 70.4 cm³/mol. The summed E-state index contributed by atoms with van der Waals surface area (Å²) in [6.07, 6.45) is 2.18. The van der Waals surface area contributed by atoms with Crippen molar-refractivity contribution in [1.82, 2.24) is 0 Å². The van der Waals surface area contributed by atoms with E-state index < -0.39 is 0 Å². The van der Waals surface area contributed by atoms with Gasteiger partial charge in [0, 0.05) is 13.2 Å². The SMILES string of the molecule is Cc1ccccc1OCCCCOC(C)CN. The Morgan fingerprint density at radius 3 is 2.59 bits per heavy atom. The summed E-state index contributed by atoms with van der Waals surface area (Å²) in [5.41, 5.74) is 6.64. The third-order valence-electron chi connectivity index (χ3n) is 2.62. The van der Waals surface area contributed by atoms with Gasteiger partial charge in [0.1, 0.15) is 5.75 Å². The minimum Gasteiger partial charge on any atom is -0.493 e. The molecule has 3 nitrogen and oxygen atoms in total. The van der Waals surface area contributed by atoms with Crippen molar-refractivity contribution in [2.24, 2.45) is 5.73 Å². The zero-order valence-electron chi connectivity index (χ0n) is 10.8. The Morgan fingerprint density at radius 1 is 1.18 bits per heavy atom. The molecule has 0 amide bonds. The molecule has 1 aromatic carbocycles. The molecule has 0 aliphatic heterocycles. The van der Waals surface area contributed by atoms with Crippen LogP contribution in [-0.4, -0.2) is 25.9 Å². The first kappa shape index (κ1) is 14.0. The van der Waals surface area contributed by atoms with Crippen molar-refractivity contribution in [3.63, 3.8) is 0 Å². The largest absolute Gasteiger partial charge is 0.493 e. The van der Waals surface area contributed by atoms with Gasteiger partial charge in [0.2, 0.25) is 0 Å². The van der Waals surface area contributed by atoms with Gasteiger partial charge < -0.3 is 15.2 Å². The fourth-order valence-corrected chi connectivity index (χ4v) is 1.46. The molecule has 0 radical (unpaired) electrons. The summed E-state index contributed by atoms with van der Waals surface area (Å²) in [5, 5.41) is 0. The highest BCUT2D eigenvalue weighted by atomic mass is 16.5. The van der Waals surface area contributed by atoms with Crippen molar-refractivity contribution in [3.05, 3.63) is 29.8 Å². The lowest BCUT2D eigenvalue weighted by atomic mass is 10.2. The Labute approximate surface area is 104 Å². The molecule has 96 valence electrons. The molecule has 1 unspecified atom stereocenters. The van der Waals surface area contributed by atoms with Gasteiger partial charge in [-0.1, -0.05) is 18.2 Å². The molecule has 0 fully saturated rings. The fourth-order valence-electron chi connectivity index (χ4n) is 1.46. The molecule has 1 rings (SSSR count). The number of benzene rings is 1. The molecule has 1 atom stereocenters. The average Bonchev–Trinajstić information content (AvgIpc) is 2.35. The van der Waals surface area contributed by atoms with E-state index in [2.05, 4.69) is 13.0 Å². The van der Waals surface area contributed by atoms with E-state index in [9.17, 15) is 0 Å². The summed E-state index contributed by atoms with van der Waals surface area (Å²) in [5.74, 6) is 0.976. The first-order valence-electron chi connectivity index (χ1n) is 6.24. The maximum atomic E-state index is 5.69. The molecule has 2 N–H and O–H groups in total. The molecule has 0 saturated carbocycles. The number of hydrogen-bond donors (Lipinski definition) is 1. The van der Waals surface area contributed by atoms with Crippen LogP contribution < -0.4 is 10.5 Å². The van der Waals surface area contributed by atoms with Crippen LogP contribution >= 0.6 is 0 Å². The summed E-state index contributed by atoms with van der Waals surface area (Å²) >= 11 is 0. The Kier molecular flexibility index (Phi) is 6.67. The van der Waals surface area contributed by atoms with Crippen molar-refractivity contribution in [2.45, 2.75) is 32.8 Å². The average molecular weight is 237 g/mol. The summed E-state index contributed by atoms with van der Waals surface area (Å²) in [6.45, 7) is 6.13. The van der Waals surface area contributed by atoms with Gasteiger partial charge in [-0.3, -0.25) is 0 Å². The maximum absolute atomic E-state index is 5.69. The van der Waals surface area contributed by atoms with Gasteiger partial charge in [-0.05, 0) is 38.3 Å². The molecule has 3 heteroatoms. The number of rotatable bonds is 8. The van der Waals surface area contributed by atoms with Crippen LogP contribution in [0.1, 0.15) is 25.3 Å². The van der Waals surface area contributed by atoms with Crippen LogP contribution in [0.5, 0.6) is 5.75 Å². The number of para-hydroxylation sites is 1. The second kappa shape index (κ2) is 8.09. The van der Waals surface area contributed by atoms with E-state index in [1.807, 2.05) is 25.1 Å². The number of ether oxygens (including phenoxy) is 2. The van der Waals surface area contributed by atoms with Gasteiger partial charge in [-0.25, -0.2) is 0 Å². The summed E-state index contributed by atoms with van der Waals surface area (Å²) in [4.78, 5) is 0. The third kappa shape index (κ3) is 5.71. The highest BCUT2D eigenvalue weighted by Gasteiger charge is 1.99. The monoisotopic (exact) mass is 237 g/mol. The molecular weight excluding hydrogens is 214 g/mol. The molecule has 1 aromatic rings. The van der Waals surface area contributed by atoms with Gasteiger partial charge in [0.15, 0.2) is 0 Å². The Morgan fingerprint density at radius 2 is 1.88 bits per heavy atom. The Hall–Kier alpha value is -1.06. The van der Waals surface area contributed by atoms with Crippen molar-refractivity contribution in [2.75, 3.05) is 19.8 Å². The summed E-state index contributed by atoms with van der Waals surface area (Å²) < 4.78 is 11.2. The molecule has 0 aliphatic carbocycles. The molecule has 0 saturated heterocycles. The van der Waals surface area contributed by atoms with E-state index in [0.29, 0.717) is 6.54 Å². The van der Waals surface area contributed by atoms with Gasteiger partial charge in [0.25, 0.3) is 0 Å². The van der Waals surface area contributed by atoms with E-state index in [4.69, 9.17) is 15.2 Å². The number of aryl methyl sites for hydroxylation is 1. The van der Waals surface area contributed by atoms with Crippen molar-refractivity contribution in [3.8, 4) is 5.75 Å². The second-order valence-electron chi connectivity index (χ2n) is 4.24. The molecule has 17 heavy (non-hydrogen) atoms. The molecule has 0 heterocycles. The third-order valence-corrected chi connectivity index (χ3v) is 2.62. The highest BCUT2D eigenvalue weighted by molar-refractivity contribution is 5.31. The lowest BCUT2D eigenvalue weighted by molar-refractivity contribution is 0.0672. The van der Waals surface area contributed by atoms with Crippen LogP contribution in [0.4, 0.5) is 0 Å². The normalized spacial score (nSPS) is 12.4. The van der Waals surface area contributed by atoms with E-state index in [1.165, 1.54) is 5.56 Å². The lowest BCUT2D eigenvalue weighted by Gasteiger charge is -2.11. The Bertz CT molecular complexity index is 315. The number of nitrogens with two attached hydrogens (primary N) is 1. The highest BCUT2D eigenvalue weighted by Crippen LogP contribution is 2.16. The van der Waals surface area contributed by atoms with E-state index >= 15 is 0 Å². The van der Waals surface area contributed by atoms with E-state index in [-0.39, 0.29) is 6.10 Å². The van der Waals surface area contributed by atoms with Gasteiger partial charge in [0.05, 0.1) is 12.7 Å². The zero-order chi connectivity index (χ0) is 12.5. The van der Waals surface area contributed by atoms with E-state index in [0.717, 1.165) is 31.8 Å². The minimum atomic E-state index is 0.160. The predicted octanol–water partition coefficient (Wildman–Crippen LogP) is 2.52. The van der Waals surface area contributed by atoms with Crippen LogP contribution in [-0.2, 0) is 4.74 Å². The Balaban J connectivity index is 2.07. The smallest absolute Gasteiger partial charge is 0.122 e. The quantitative estimate of drug-likeness (QED) is 0.707. The van der Waals surface area contributed by atoms with Crippen LogP contribution in [0.25, 0.3) is 0 Å². The topological polar surface area (TPSA) is 44.5 Å². The van der Waals surface area contributed by atoms with Crippen molar-refractivity contribution >= 4 is 0 Å². The van der Waals surface area contributed by atoms with E-state index in [1.54, 1.807) is 0 Å². The second-order valence-corrected chi connectivity index (χ2v) is 4.24. The van der Waals surface area contributed by atoms with Crippen LogP contribution in [0.2, 0.25) is 0 Å². The van der Waals surface area contributed by atoms with Crippen LogP contribution in [0.15, 0.2) is 24.3 Å². The standard InChI is InChI=1S/C14H23NO2/c1-12-7-3-4-8-14(12)17-10-6-5-9-16-13(2)11-15/h3-4,7-8,13H,5-6,9-11,15H2,1-2H3. The van der Waals surface area contributed by atoms with Gasteiger partial charge in [-0.15, -0.1) is 0 Å². The van der Waals surface area contributed by atoms with Gasteiger partial charge >= 0.3 is 0 Å². The minimum absolute atomic E-state index is 0.160. The summed E-state index contributed by atoms with van der Waals surface area (Å²) in [7, 11) is 0. The molecule has 0 aliphatic rings. The number of hydrogen-bond acceptors (Lipinski definition) is 3. The molecular formula is C14H23NO2. The molecule has 0 aromatic heterocycles. The molecule has 0 spiro atoms. The fraction of sp³-hybridized carbons (Fsp3) is 0.571. The van der Waals surface area contributed by atoms with Crippen LogP contribution in [0.3, 0.4) is 0 Å². The van der Waals surface area contributed by atoms with Crippen molar-refractivity contribution < 1.29 is 9.47 Å². The number of unbranched alkanes of at least 4 members (excludes halogenated alkanes) is 1. The first-order chi connectivity index (χ1) is 8.24. The van der Waals surface area contributed by atoms with Crippen molar-refractivity contribution in [1.29, 1.82) is 0 Å². The lowest BCUT2D eigenvalue weighted by Crippen LogP contribution is -2.20. The summed E-state index contributed by atoms with van der Waals surface area (Å²) in [6, 6.07) is 8.07. The maximum Gasteiger partial charge on any atom is 0.122 e. The first-order valence-corrected chi connectivity index (χ1v) is 6.24. The van der Waals surface area contributed by atoms with Gasteiger partial charge in [-0.2, -0.15) is 0 Å². The molecule has 0 bridgehead atoms.